The van der Waals surface area contributed by atoms with Crippen LogP contribution in [0, 0.1) is 11.7 Å². The van der Waals surface area contributed by atoms with Gasteiger partial charge in [-0.1, -0.05) is 6.92 Å². The van der Waals surface area contributed by atoms with Crippen molar-refractivity contribution < 1.29 is 9.18 Å². The topological polar surface area (TPSA) is 46.9 Å². The summed E-state index contributed by atoms with van der Waals surface area (Å²) in [4.78, 5) is 12.0. The van der Waals surface area contributed by atoms with Crippen molar-refractivity contribution in [1.29, 1.82) is 0 Å². The van der Waals surface area contributed by atoms with Gasteiger partial charge in [-0.15, -0.1) is 0 Å². The second-order valence-electron chi connectivity index (χ2n) is 5.70. The van der Waals surface area contributed by atoms with Gasteiger partial charge < -0.3 is 5.32 Å². The average Bonchev–Trinajstić information content (AvgIpc) is 2.82. The maximum Gasteiger partial charge on any atom is 0.246 e. The molecule has 2 aromatic rings. The molecule has 0 unspecified atom stereocenters. The van der Waals surface area contributed by atoms with Crippen molar-refractivity contribution in [3.63, 3.8) is 0 Å². The molecule has 0 spiro atoms. The average molecular weight is 287 g/mol. The summed E-state index contributed by atoms with van der Waals surface area (Å²) in [5, 5.41) is 7.22. The zero-order valence-corrected chi connectivity index (χ0v) is 12.0. The number of fused-ring (bicyclic) bond motifs is 1. The molecular weight excluding hydrogens is 269 g/mol. The number of hydrogen-bond acceptors (Lipinski definition) is 2. The van der Waals surface area contributed by atoms with Crippen molar-refractivity contribution in [3.8, 4) is 0 Å². The number of hydrogen-bond donors (Lipinski definition) is 1. The molecule has 0 fully saturated rings. The summed E-state index contributed by atoms with van der Waals surface area (Å²) < 4.78 is 14.5. The van der Waals surface area contributed by atoms with E-state index >= 15 is 0 Å². The monoisotopic (exact) mass is 287 g/mol. The van der Waals surface area contributed by atoms with E-state index in [0.717, 1.165) is 25.0 Å². The molecule has 1 aromatic carbocycles. The highest BCUT2D eigenvalue weighted by Gasteiger charge is 2.19. The largest absolute Gasteiger partial charge is 0.324 e. The molecule has 1 aliphatic rings. The Morgan fingerprint density at radius 2 is 2.19 bits per heavy atom. The number of benzene rings is 1. The van der Waals surface area contributed by atoms with Crippen LogP contribution in [-0.2, 0) is 24.2 Å². The van der Waals surface area contributed by atoms with Crippen LogP contribution < -0.4 is 5.32 Å². The van der Waals surface area contributed by atoms with E-state index in [1.807, 2.05) is 6.20 Å². The number of amides is 1. The number of carbonyl (C=O) groups is 1. The molecule has 1 N–H and O–H groups in total. The van der Waals surface area contributed by atoms with Gasteiger partial charge in [0.05, 0.1) is 5.69 Å². The third-order valence-electron chi connectivity index (χ3n) is 3.80. The Kier molecular flexibility index (Phi) is 3.73. The first-order chi connectivity index (χ1) is 10.1. The number of halogens is 1. The van der Waals surface area contributed by atoms with Crippen LogP contribution >= 0.6 is 0 Å². The van der Waals surface area contributed by atoms with Gasteiger partial charge in [-0.3, -0.25) is 9.48 Å². The number of aryl methyl sites for hydroxylation is 1. The standard InChI is InChI=1S/C16H18FN3O/c1-11-2-7-15-12(8-11)9-20(19-15)10-16(21)18-14-5-3-13(17)4-6-14/h3-6,9,11H,2,7-8,10H2,1H3,(H,18,21)/t11-/m0/s1. The highest BCUT2D eigenvalue weighted by Crippen LogP contribution is 2.23. The van der Waals surface area contributed by atoms with Crippen molar-refractivity contribution >= 4 is 11.6 Å². The molecule has 1 heterocycles. The van der Waals surface area contributed by atoms with E-state index < -0.39 is 0 Å². The first-order valence-electron chi connectivity index (χ1n) is 7.21. The van der Waals surface area contributed by atoms with E-state index in [2.05, 4.69) is 17.3 Å². The Morgan fingerprint density at radius 3 is 2.95 bits per heavy atom. The number of nitrogens with zero attached hydrogens (tertiary/aromatic N) is 2. The maximum absolute atomic E-state index is 12.8. The highest BCUT2D eigenvalue weighted by atomic mass is 19.1. The van der Waals surface area contributed by atoms with Crippen molar-refractivity contribution in [2.75, 3.05) is 5.32 Å². The summed E-state index contributed by atoms with van der Waals surface area (Å²) in [6.45, 7) is 2.42. The van der Waals surface area contributed by atoms with Crippen LogP contribution in [0.25, 0.3) is 0 Å². The molecule has 4 nitrogen and oxygen atoms in total. The Bertz CT molecular complexity index is 648. The first kappa shape index (κ1) is 13.8. The lowest BCUT2D eigenvalue weighted by molar-refractivity contribution is -0.116. The lowest BCUT2D eigenvalue weighted by atomic mass is 9.89. The highest BCUT2D eigenvalue weighted by molar-refractivity contribution is 5.90. The smallest absolute Gasteiger partial charge is 0.246 e. The molecule has 1 aliphatic carbocycles. The number of aromatic nitrogens is 2. The molecule has 110 valence electrons. The minimum Gasteiger partial charge on any atom is -0.324 e. The van der Waals surface area contributed by atoms with Crippen LogP contribution in [0.2, 0.25) is 0 Å². The predicted octanol–water partition coefficient (Wildman–Crippen LogP) is 2.79. The quantitative estimate of drug-likeness (QED) is 0.943. The number of rotatable bonds is 3. The van der Waals surface area contributed by atoms with Crippen molar-refractivity contribution in [2.24, 2.45) is 5.92 Å². The Labute approximate surface area is 123 Å². The Hall–Kier alpha value is -2.17. The van der Waals surface area contributed by atoms with Crippen molar-refractivity contribution in [3.05, 3.63) is 47.5 Å². The fourth-order valence-electron chi connectivity index (χ4n) is 2.71. The van der Waals surface area contributed by atoms with Gasteiger partial charge in [0.15, 0.2) is 0 Å². The third kappa shape index (κ3) is 3.29. The molecule has 3 rings (SSSR count). The zero-order chi connectivity index (χ0) is 14.8. The summed E-state index contributed by atoms with van der Waals surface area (Å²) in [5.41, 5.74) is 2.96. The molecule has 1 atom stereocenters. The predicted molar refractivity (Wildman–Crippen MR) is 78.4 cm³/mol. The molecule has 0 aliphatic heterocycles. The Balaban J connectivity index is 1.64. The van der Waals surface area contributed by atoms with Gasteiger partial charge in [0.2, 0.25) is 5.91 Å². The summed E-state index contributed by atoms with van der Waals surface area (Å²) in [6.07, 6.45) is 5.15. The van der Waals surface area contributed by atoms with Crippen LogP contribution in [0.5, 0.6) is 0 Å². The molecule has 1 amide bonds. The van der Waals surface area contributed by atoms with Crippen LogP contribution in [-0.4, -0.2) is 15.7 Å². The van der Waals surface area contributed by atoms with Gasteiger partial charge in [0, 0.05) is 11.9 Å². The third-order valence-corrected chi connectivity index (χ3v) is 3.80. The second kappa shape index (κ2) is 5.68. The van der Waals surface area contributed by atoms with Crippen LogP contribution in [0.15, 0.2) is 30.5 Å². The lowest BCUT2D eigenvalue weighted by Gasteiger charge is -2.15. The molecule has 5 heteroatoms. The van der Waals surface area contributed by atoms with Crippen molar-refractivity contribution in [1.82, 2.24) is 9.78 Å². The van der Waals surface area contributed by atoms with Crippen LogP contribution in [0.1, 0.15) is 24.6 Å². The molecule has 0 bridgehead atoms. The number of nitrogens with one attached hydrogen (secondary N) is 1. The zero-order valence-electron chi connectivity index (χ0n) is 12.0. The fourth-order valence-corrected chi connectivity index (χ4v) is 2.71. The van der Waals surface area contributed by atoms with Gasteiger partial charge in [-0.25, -0.2) is 4.39 Å². The number of carbonyl (C=O) groups excluding carboxylic acids is 1. The SMILES string of the molecule is C[C@H]1CCc2nn(CC(=O)Nc3ccc(F)cc3)cc2C1. The molecule has 0 radical (unpaired) electrons. The molecule has 21 heavy (non-hydrogen) atoms. The van der Waals surface area contributed by atoms with Crippen LogP contribution in [0.4, 0.5) is 10.1 Å². The van der Waals surface area contributed by atoms with Gasteiger partial charge in [-0.2, -0.15) is 5.10 Å². The fraction of sp³-hybridized carbons (Fsp3) is 0.375. The van der Waals surface area contributed by atoms with E-state index in [-0.39, 0.29) is 18.3 Å². The first-order valence-corrected chi connectivity index (χ1v) is 7.21. The summed E-state index contributed by atoms with van der Waals surface area (Å²) in [5.74, 6) is 0.208. The van der Waals surface area contributed by atoms with Gasteiger partial charge in [-0.05, 0) is 55.0 Å². The van der Waals surface area contributed by atoms with Crippen LogP contribution in [0.3, 0.4) is 0 Å². The van der Waals surface area contributed by atoms with E-state index in [1.54, 1.807) is 16.8 Å². The summed E-state index contributed by atoms with van der Waals surface area (Å²) in [7, 11) is 0. The molecule has 0 saturated heterocycles. The summed E-state index contributed by atoms with van der Waals surface area (Å²) >= 11 is 0. The maximum atomic E-state index is 12.8. The minimum atomic E-state index is -0.318. The van der Waals surface area contributed by atoms with E-state index in [9.17, 15) is 9.18 Å². The lowest BCUT2D eigenvalue weighted by Crippen LogP contribution is -2.19. The van der Waals surface area contributed by atoms with Gasteiger partial charge in [0.25, 0.3) is 0 Å². The Morgan fingerprint density at radius 1 is 1.43 bits per heavy atom. The summed E-state index contributed by atoms with van der Waals surface area (Å²) in [6, 6.07) is 5.74. The normalized spacial score (nSPS) is 17.3. The van der Waals surface area contributed by atoms with E-state index in [4.69, 9.17) is 0 Å². The second-order valence-corrected chi connectivity index (χ2v) is 5.70. The molecule has 1 aromatic heterocycles. The van der Waals surface area contributed by atoms with E-state index in [1.165, 1.54) is 17.7 Å². The van der Waals surface area contributed by atoms with Gasteiger partial charge >= 0.3 is 0 Å². The van der Waals surface area contributed by atoms with Crippen molar-refractivity contribution in [2.45, 2.75) is 32.7 Å². The molecular formula is C16H18FN3O. The van der Waals surface area contributed by atoms with Gasteiger partial charge in [0.1, 0.15) is 12.4 Å². The number of anilines is 1. The molecule has 0 saturated carbocycles. The minimum absolute atomic E-state index is 0.158. The van der Waals surface area contributed by atoms with E-state index in [0.29, 0.717) is 11.6 Å².